The molecule has 2 heterocycles. The standard InChI is InChI=1S/C16H24N2O/c1-15(2,3)14(19)13-16(8-9-17-13)10-18-12-7-5-4-6-11(12)16/h4-7,13-14,17-19H,8-10H2,1-3H3/t13?,14-,16?/m1/s1. The molecule has 2 unspecified atom stereocenters. The predicted octanol–water partition coefficient (Wildman–Crippen LogP) is 2.12. The number of anilines is 1. The Labute approximate surface area is 115 Å². The second kappa shape index (κ2) is 4.22. The molecule has 3 atom stereocenters. The van der Waals surface area contributed by atoms with Crippen molar-refractivity contribution in [3.8, 4) is 0 Å². The SMILES string of the molecule is CC(C)(C)[C@H](O)C1NCCC12CNc1ccccc12. The summed E-state index contributed by atoms with van der Waals surface area (Å²) in [5.41, 5.74) is 2.54. The van der Waals surface area contributed by atoms with Gasteiger partial charge >= 0.3 is 0 Å². The van der Waals surface area contributed by atoms with E-state index in [4.69, 9.17) is 0 Å². The van der Waals surface area contributed by atoms with E-state index in [0.29, 0.717) is 0 Å². The molecule has 19 heavy (non-hydrogen) atoms. The van der Waals surface area contributed by atoms with Gasteiger partial charge in [0.05, 0.1) is 6.10 Å². The van der Waals surface area contributed by atoms with Gasteiger partial charge in [-0.1, -0.05) is 39.0 Å². The number of fused-ring (bicyclic) bond motifs is 2. The minimum atomic E-state index is -0.344. The summed E-state index contributed by atoms with van der Waals surface area (Å²) in [4.78, 5) is 0. The highest BCUT2D eigenvalue weighted by Gasteiger charge is 2.52. The van der Waals surface area contributed by atoms with E-state index in [9.17, 15) is 5.11 Å². The van der Waals surface area contributed by atoms with Gasteiger partial charge in [0.25, 0.3) is 0 Å². The first-order valence-corrected chi connectivity index (χ1v) is 7.20. The van der Waals surface area contributed by atoms with Crippen LogP contribution < -0.4 is 10.6 Å². The van der Waals surface area contributed by atoms with E-state index in [1.807, 2.05) is 0 Å². The van der Waals surface area contributed by atoms with Gasteiger partial charge in [0.1, 0.15) is 0 Å². The lowest BCUT2D eigenvalue weighted by atomic mass is 9.69. The fraction of sp³-hybridized carbons (Fsp3) is 0.625. The molecule has 0 amide bonds. The molecule has 3 N–H and O–H groups in total. The first-order valence-electron chi connectivity index (χ1n) is 7.20. The Morgan fingerprint density at radius 2 is 2.05 bits per heavy atom. The largest absolute Gasteiger partial charge is 0.391 e. The van der Waals surface area contributed by atoms with Crippen molar-refractivity contribution < 1.29 is 5.11 Å². The summed E-state index contributed by atoms with van der Waals surface area (Å²) in [7, 11) is 0. The second-order valence-electron chi connectivity index (χ2n) is 7.05. The van der Waals surface area contributed by atoms with Crippen LogP contribution in [-0.2, 0) is 5.41 Å². The molecule has 104 valence electrons. The van der Waals surface area contributed by atoms with Crippen LogP contribution in [0.25, 0.3) is 0 Å². The third-order valence-corrected chi connectivity index (χ3v) is 4.79. The summed E-state index contributed by atoms with van der Waals surface area (Å²) in [5.74, 6) is 0. The van der Waals surface area contributed by atoms with E-state index in [1.54, 1.807) is 0 Å². The number of hydrogen-bond acceptors (Lipinski definition) is 3. The van der Waals surface area contributed by atoms with Crippen molar-refractivity contribution in [2.24, 2.45) is 5.41 Å². The zero-order chi connectivity index (χ0) is 13.7. The number of benzene rings is 1. The molecule has 1 fully saturated rings. The van der Waals surface area contributed by atoms with Gasteiger partial charge in [-0.25, -0.2) is 0 Å². The lowest BCUT2D eigenvalue weighted by molar-refractivity contribution is 0.0169. The van der Waals surface area contributed by atoms with Crippen LogP contribution in [0, 0.1) is 5.41 Å². The maximum atomic E-state index is 10.7. The Kier molecular flexibility index (Phi) is 2.88. The quantitative estimate of drug-likeness (QED) is 0.724. The topological polar surface area (TPSA) is 44.3 Å². The molecule has 0 aliphatic carbocycles. The number of hydrogen-bond donors (Lipinski definition) is 3. The molecule has 3 rings (SSSR count). The van der Waals surface area contributed by atoms with Crippen molar-refractivity contribution in [1.82, 2.24) is 5.32 Å². The summed E-state index contributed by atoms with van der Waals surface area (Å²) < 4.78 is 0. The number of rotatable bonds is 1. The molecule has 0 radical (unpaired) electrons. The van der Waals surface area contributed by atoms with Gasteiger partial charge < -0.3 is 15.7 Å². The molecule has 2 aliphatic heterocycles. The third kappa shape index (κ3) is 1.87. The zero-order valence-corrected chi connectivity index (χ0v) is 12.0. The van der Waals surface area contributed by atoms with Crippen LogP contribution in [0.15, 0.2) is 24.3 Å². The van der Waals surface area contributed by atoms with Crippen molar-refractivity contribution in [1.29, 1.82) is 0 Å². The first kappa shape index (κ1) is 12.9. The highest BCUT2D eigenvalue weighted by atomic mass is 16.3. The fourth-order valence-corrected chi connectivity index (χ4v) is 3.64. The summed E-state index contributed by atoms with van der Waals surface area (Å²) in [6.45, 7) is 8.24. The van der Waals surface area contributed by atoms with Crippen molar-refractivity contribution in [2.75, 3.05) is 18.4 Å². The van der Waals surface area contributed by atoms with Crippen LogP contribution in [0.3, 0.4) is 0 Å². The maximum absolute atomic E-state index is 10.7. The molecule has 1 aromatic carbocycles. The Bertz CT molecular complexity index is 480. The normalized spacial score (nSPS) is 31.3. The van der Waals surface area contributed by atoms with Crippen molar-refractivity contribution in [3.05, 3.63) is 29.8 Å². The Morgan fingerprint density at radius 1 is 1.32 bits per heavy atom. The monoisotopic (exact) mass is 260 g/mol. The zero-order valence-electron chi connectivity index (χ0n) is 12.0. The van der Waals surface area contributed by atoms with Gasteiger partial charge in [0.15, 0.2) is 0 Å². The highest BCUT2D eigenvalue weighted by molar-refractivity contribution is 5.61. The molecule has 1 saturated heterocycles. The lowest BCUT2D eigenvalue weighted by Gasteiger charge is -2.39. The van der Waals surface area contributed by atoms with Gasteiger partial charge in [-0.05, 0) is 30.0 Å². The number of para-hydroxylation sites is 1. The molecule has 2 aliphatic rings. The molecule has 1 aromatic rings. The third-order valence-electron chi connectivity index (χ3n) is 4.79. The van der Waals surface area contributed by atoms with Gasteiger partial charge in [-0.15, -0.1) is 0 Å². The van der Waals surface area contributed by atoms with Gasteiger partial charge in [0.2, 0.25) is 0 Å². The van der Waals surface area contributed by atoms with Crippen molar-refractivity contribution >= 4 is 5.69 Å². The fourth-order valence-electron chi connectivity index (χ4n) is 3.64. The summed E-state index contributed by atoms with van der Waals surface area (Å²) in [5, 5.41) is 17.8. The molecule has 0 saturated carbocycles. The second-order valence-corrected chi connectivity index (χ2v) is 7.05. The minimum Gasteiger partial charge on any atom is -0.391 e. The number of nitrogens with one attached hydrogen (secondary N) is 2. The van der Waals surface area contributed by atoms with Crippen LogP contribution in [-0.4, -0.2) is 30.3 Å². The van der Waals surface area contributed by atoms with Crippen LogP contribution >= 0.6 is 0 Å². The Balaban J connectivity index is 2.01. The Hall–Kier alpha value is -1.06. The molecule has 1 spiro atoms. The molecule has 3 heteroatoms. The predicted molar refractivity (Wildman–Crippen MR) is 78.5 cm³/mol. The minimum absolute atomic E-state index is 0.0449. The summed E-state index contributed by atoms with van der Waals surface area (Å²) in [6.07, 6.45) is 0.748. The molecule has 0 bridgehead atoms. The van der Waals surface area contributed by atoms with Crippen molar-refractivity contribution in [2.45, 2.75) is 44.8 Å². The van der Waals surface area contributed by atoms with Crippen LogP contribution in [0.2, 0.25) is 0 Å². The number of aliphatic hydroxyl groups excluding tert-OH is 1. The summed E-state index contributed by atoms with van der Waals surface area (Å²) >= 11 is 0. The average Bonchev–Trinajstić information content (AvgIpc) is 2.95. The van der Waals surface area contributed by atoms with Gasteiger partial charge in [-0.2, -0.15) is 0 Å². The van der Waals surface area contributed by atoms with Crippen molar-refractivity contribution in [3.63, 3.8) is 0 Å². The van der Waals surface area contributed by atoms with E-state index in [0.717, 1.165) is 19.5 Å². The Morgan fingerprint density at radius 3 is 2.79 bits per heavy atom. The van der Waals surface area contributed by atoms with Crippen LogP contribution in [0.1, 0.15) is 32.8 Å². The number of aliphatic hydroxyl groups is 1. The smallest absolute Gasteiger partial charge is 0.0750 e. The summed E-state index contributed by atoms with van der Waals surface area (Å²) in [6, 6.07) is 8.66. The molecular formula is C16H24N2O. The van der Waals surface area contributed by atoms with Crippen LogP contribution in [0.5, 0.6) is 0 Å². The van der Waals surface area contributed by atoms with E-state index in [2.05, 4.69) is 55.7 Å². The van der Waals surface area contributed by atoms with E-state index in [-0.39, 0.29) is 23.0 Å². The van der Waals surface area contributed by atoms with Crippen LogP contribution in [0.4, 0.5) is 5.69 Å². The van der Waals surface area contributed by atoms with E-state index < -0.39 is 0 Å². The maximum Gasteiger partial charge on any atom is 0.0750 e. The first-order chi connectivity index (χ1) is 8.95. The molecule has 3 nitrogen and oxygen atoms in total. The molecule has 0 aromatic heterocycles. The highest BCUT2D eigenvalue weighted by Crippen LogP contribution is 2.46. The van der Waals surface area contributed by atoms with Gasteiger partial charge in [0, 0.05) is 23.7 Å². The molecular weight excluding hydrogens is 236 g/mol. The van der Waals surface area contributed by atoms with Gasteiger partial charge in [-0.3, -0.25) is 0 Å². The van der Waals surface area contributed by atoms with E-state index in [1.165, 1.54) is 11.3 Å². The van der Waals surface area contributed by atoms with E-state index >= 15 is 0 Å². The lowest BCUT2D eigenvalue weighted by Crippen LogP contribution is -2.54. The average molecular weight is 260 g/mol.